The van der Waals surface area contributed by atoms with Crippen molar-refractivity contribution in [1.82, 2.24) is 19.8 Å². The molecule has 0 aliphatic heterocycles. The van der Waals surface area contributed by atoms with E-state index in [0.717, 1.165) is 36.8 Å². The molecule has 2 aromatic heterocycles. The first-order chi connectivity index (χ1) is 17.3. The van der Waals surface area contributed by atoms with E-state index in [1.807, 2.05) is 60.9 Å². The predicted octanol–water partition coefficient (Wildman–Crippen LogP) is 4.61. The molecule has 0 saturated heterocycles. The van der Waals surface area contributed by atoms with Gasteiger partial charge in [0, 0.05) is 44.4 Å². The van der Waals surface area contributed by atoms with Crippen LogP contribution >= 0.6 is 0 Å². The first-order valence-corrected chi connectivity index (χ1v) is 12.6. The average molecular weight is 487 g/mol. The van der Waals surface area contributed by atoms with Crippen molar-refractivity contribution in [2.75, 3.05) is 13.6 Å². The third-order valence-corrected chi connectivity index (χ3v) is 6.70. The van der Waals surface area contributed by atoms with Crippen LogP contribution in [0, 0.1) is 5.92 Å². The fourth-order valence-corrected chi connectivity index (χ4v) is 4.93. The molecule has 1 saturated carbocycles. The highest BCUT2D eigenvalue weighted by atomic mass is 16.2. The van der Waals surface area contributed by atoms with Crippen LogP contribution in [0.3, 0.4) is 0 Å². The van der Waals surface area contributed by atoms with Crippen LogP contribution in [0.15, 0.2) is 72.0 Å². The van der Waals surface area contributed by atoms with Crippen LogP contribution in [0.1, 0.15) is 83.5 Å². The molecule has 0 spiro atoms. The summed E-state index contributed by atoms with van der Waals surface area (Å²) in [6, 6.07) is 13.0. The quantitative estimate of drug-likeness (QED) is 0.504. The molecular formula is C29H34N4O3. The Hall–Kier alpha value is -3.74. The van der Waals surface area contributed by atoms with Gasteiger partial charge in [0.05, 0.1) is 6.04 Å². The van der Waals surface area contributed by atoms with Crippen molar-refractivity contribution < 1.29 is 9.59 Å². The lowest BCUT2D eigenvalue weighted by atomic mass is 9.99. The molecule has 188 valence electrons. The number of hydrogen-bond acceptors (Lipinski definition) is 4. The Bertz CT molecular complexity index is 1210. The van der Waals surface area contributed by atoms with Gasteiger partial charge in [-0.3, -0.25) is 19.4 Å². The van der Waals surface area contributed by atoms with E-state index in [1.165, 1.54) is 0 Å². The Kier molecular flexibility index (Phi) is 7.98. The van der Waals surface area contributed by atoms with E-state index in [4.69, 9.17) is 0 Å². The summed E-state index contributed by atoms with van der Waals surface area (Å²) < 4.78 is 1.91. The molecule has 7 heteroatoms. The summed E-state index contributed by atoms with van der Waals surface area (Å²) in [4.78, 5) is 46.1. The van der Waals surface area contributed by atoms with Gasteiger partial charge in [-0.25, -0.2) is 0 Å². The van der Waals surface area contributed by atoms with E-state index in [-0.39, 0.29) is 29.0 Å². The summed E-state index contributed by atoms with van der Waals surface area (Å²) in [6.45, 7) is 4.57. The van der Waals surface area contributed by atoms with Crippen molar-refractivity contribution in [1.29, 1.82) is 0 Å². The van der Waals surface area contributed by atoms with Gasteiger partial charge in [-0.15, -0.1) is 0 Å². The SMILES string of the molecule is CC(C)CN(C)C(=O)c1cn(C2CCCC2)cc(C(=O)N[C@@H](c2ccccc2)c2ccncc2)c1=O. The van der Waals surface area contributed by atoms with Crippen LogP contribution < -0.4 is 10.7 Å². The molecule has 4 rings (SSSR count). The molecule has 3 aromatic rings. The number of hydrogen-bond donors (Lipinski definition) is 1. The summed E-state index contributed by atoms with van der Waals surface area (Å²) >= 11 is 0. The molecule has 2 amide bonds. The highest BCUT2D eigenvalue weighted by Gasteiger charge is 2.27. The van der Waals surface area contributed by atoms with Crippen molar-refractivity contribution >= 4 is 11.8 Å². The highest BCUT2D eigenvalue weighted by Crippen LogP contribution is 2.29. The minimum Gasteiger partial charge on any atom is -0.349 e. The lowest BCUT2D eigenvalue weighted by Gasteiger charge is -2.23. The lowest BCUT2D eigenvalue weighted by Crippen LogP contribution is -2.38. The van der Waals surface area contributed by atoms with Gasteiger partial charge in [0.2, 0.25) is 5.43 Å². The number of rotatable bonds is 8. The van der Waals surface area contributed by atoms with E-state index in [2.05, 4.69) is 10.3 Å². The zero-order chi connectivity index (χ0) is 25.7. The first kappa shape index (κ1) is 25.4. The molecule has 2 heterocycles. The van der Waals surface area contributed by atoms with Gasteiger partial charge < -0.3 is 14.8 Å². The van der Waals surface area contributed by atoms with Crippen molar-refractivity contribution in [2.45, 2.75) is 51.6 Å². The average Bonchev–Trinajstić information content (AvgIpc) is 3.42. The number of nitrogens with one attached hydrogen (secondary N) is 1. The Balaban J connectivity index is 1.74. The Morgan fingerprint density at radius 3 is 2.25 bits per heavy atom. The lowest BCUT2D eigenvalue weighted by molar-refractivity contribution is 0.0776. The number of amides is 2. The molecule has 36 heavy (non-hydrogen) atoms. The Morgan fingerprint density at radius 1 is 1.00 bits per heavy atom. The smallest absolute Gasteiger partial charge is 0.259 e. The molecular weight excluding hydrogens is 452 g/mol. The molecule has 1 N–H and O–H groups in total. The fourth-order valence-electron chi connectivity index (χ4n) is 4.93. The van der Waals surface area contributed by atoms with E-state index in [1.54, 1.807) is 36.7 Å². The standard InChI is InChI=1S/C29H34N4O3/c1-20(2)17-32(3)29(36)25-19-33(23-11-7-8-12-23)18-24(27(25)34)28(35)31-26(21-9-5-4-6-10-21)22-13-15-30-16-14-22/h4-6,9-10,13-16,18-20,23,26H,7-8,11-12,17H2,1-3H3,(H,31,35)/t26-/m0/s1. The van der Waals surface area contributed by atoms with Gasteiger partial charge in [0.25, 0.3) is 11.8 Å². The molecule has 0 radical (unpaired) electrons. The molecule has 1 atom stereocenters. The number of nitrogens with zero attached hydrogens (tertiary/aromatic N) is 3. The van der Waals surface area contributed by atoms with Crippen LogP contribution in [0.5, 0.6) is 0 Å². The van der Waals surface area contributed by atoms with E-state index in [9.17, 15) is 14.4 Å². The molecule has 1 aliphatic carbocycles. The number of benzene rings is 1. The summed E-state index contributed by atoms with van der Waals surface area (Å²) in [5.41, 5.74) is 1.23. The van der Waals surface area contributed by atoms with Gasteiger partial charge in [-0.1, -0.05) is 57.0 Å². The summed E-state index contributed by atoms with van der Waals surface area (Å²) in [6.07, 6.45) is 10.7. The van der Waals surface area contributed by atoms with Crippen LogP contribution in [0.25, 0.3) is 0 Å². The number of carbonyl (C=O) groups excluding carboxylic acids is 2. The second-order valence-corrected chi connectivity index (χ2v) is 9.98. The van der Waals surface area contributed by atoms with Gasteiger partial charge >= 0.3 is 0 Å². The van der Waals surface area contributed by atoms with Crippen LogP contribution in [0.2, 0.25) is 0 Å². The van der Waals surface area contributed by atoms with Crippen molar-refractivity contribution in [2.24, 2.45) is 5.92 Å². The maximum absolute atomic E-state index is 13.6. The van der Waals surface area contributed by atoms with Crippen LogP contribution in [0.4, 0.5) is 0 Å². The molecule has 0 bridgehead atoms. The zero-order valence-corrected chi connectivity index (χ0v) is 21.2. The van der Waals surface area contributed by atoms with E-state index >= 15 is 0 Å². The van der Waals surface area contributed by atoms with Crippen molar-refractivity contribution in [3.8, 4) is 0 Å². The summed E-state index contributed by atoms with van der Waals surface area (Å²) in [5, 5.41) is 3.05. The first-order valence-electron chi connectivity index (χ1n) is 12.6. The highest BCUT2D eigenvalue weighted by molar-refractivity contribution is 5.99. The van der Waals surface area contributed by atoms with Crippen molar-refractivity contribution in [3.63, 3.8) is 0 Å². The maximum Gasteiger partial charge on any atom is 0.259 e. The topological polar surface area (TPSA) is 84.3 Å². The molecule has 1 fully saturated rings. The second kappa shape index (κ2) is 11.3. The fraction of sp³-hybridized carbons (Fsp3) is 0.379. The van der Waals surface area contributed by atoms with E-state index < -0.39 is 17.4 Å². The molecule has 0 unspecified atom stereocenters. The van der Waals surface area contributed by atoms with Crippen LogP contribution in [-0.4, -0.2) is 39.9 Å². The summed E-state index contributed by atoms with van der Waals surface area (Å²) in [7, 11) is 1.70. The number of carbonyl (C=O) groups is 2. The number of aromatic nitrogens is 2. The monoisotopic (exact) mass is 486 g/mol. The second-order valence-electron chi connectivity index (χ2n) is 9.98. The van der Waals surface area contributed by atoms with E-state index in [0.29, 0.717) is 6.54 Å². The van der Waals surface area contributed by atoms with Crippen LogP contribution in [-0.2, 0) is 0 Å². The van der Waals surface area contributed by atoms with Gasteiger partial charge in [-0.05, 0) is 42.0 Å². The normalized spacial score (nSPS) is 14.6. The molecule has 1 aliphatic rings. The zero-order valence-electron chi connectivity index (χ0n) is 21.2. The van der Waals surface area contributed by atoms with Gasteiger partial charge in [0.1, 0.15) is 11.1 Å². The third kappa shape index (κ3) is 5.73. The third-order valence-electron chi connectivity index (χ3n) is 6.70. The van der Waals surface area contributed by atoms with Gasteiger partial charge in [0.15, 0.2) is 0 Å². The largest absolute Gasteiger partial charge is 0.349 e. The summed E-state index contributed by atoms with van der Waals surface area (Å²) in [5.74, 6) is -0.600. The molecule has 7 nitrogen and oxygen atoms in total. The van der Waals surface area contributed by atoms with Gasteiger partial charge in [-0.2, -0.15) is 0 Å². The predicted molar refractivity (Wildman–Crippen MR) is 140 cm³/mol. The number of pyridine rings is 2. The molecule has 1 aromatic carbocycles. The minimum atomic E-state index is -0.538. The maximum atomic E-state index is 13.6. The van der Waals surface area contributed by atoms with Crippen molar-refractivity contribution in [3.05, 3.63) is 99.7 Å². The Morgan fingerprint density at radius 2 is 1.61 bits per heavy atom. The Labute approximate surface area is 212 Å². The minimum absolute atomic E-state index is 0.0133.